The number of hydrogen-bond donors (Lipinski definition) is 2. The van der Waals surface area contributed by atoms with Crippen molar-refractivity contribution in [3.05, 3.63) is 29.3 Å². The fraction of sp³-hybridized carbons (Fsp3) is 0.286. The van der Waals surface area contributed by atoms with Gasteiger partial charge in [0.05, 0.1) is 5.75 Å². The van der Waals surface area contributed by atoms with Crippen molar-refractivity contribution in [2.75, 3.05) is 16.4 Å². The monoisotopic (exact) mass is 370 g/mol. The van der Waals surface area contributed by atoms with E-state index in [0.717, 1.165) is 6.42 Å². The van der Waals surface area contributed by atoms with Crippen LogP contribution in [0.5, 0.6) is 0 Å². The first-order valence-corrected chi connectivity index (χ1v) is 9.06. The minimum atomic E-state index is -0.163. The molecule has 0 unspecified atom stereocenters. The van der Waals surface area contributed by atoms with Crippen molar-refractivity contribution in [1.82, 2.24) is 10.2 Å². The van der Waals surface area contributed by atoms with E-state index in [1.807, 2.05) is 6.92 Å². The van der Waals surface area contributed by atoms with E-state index >= 15 is 0 Å². The van der Waals surface area contributed by atoms with Gasteiger partial charge in [0.2, 0.25) is 16.9 Å². The van der Waals surface area contributed by atoms with Gasteiger partial charge in [0.15, 0.2) is 4.34 Å². The minimum Gasteiger partial charge on any atom is -0.325 e. The van der Waals surface area contributed by atoms with E-state index < -0.39 is 0 Å². The molecule has 2 aromatic rings. The van der Waals surface area contributed by atoms with E-state index in [9.17, 15) is 9.59 Å². The molecule has 6 nitrogen and oxygen atoms in total. The Labute approximate surface area is 147 Å². The number of halogens is 1. The number of aromatic nitrogens is 2. The van der Waals surface area contributed by atoms with E-state index in [2.05, 4.69) is 20.8 Å². The number of rotatable bonds is 7. The van der Waals surface area contributed by atoms with Gasteiger partial charge in [-0.25, -0.2) is 0 Å². The second-order valence-corrected chi connectivity index (χ2v) is 7.15. The lowest BCUT2D eigenvalue weighted by atomic mass is 10.3. The van der Waals surface area contributed by atoms with Crippen LogP contribution in [0.4, 0.5) is 10.8 Å². The number of benzene rings is 1. The maximum absolute atomic E-state index is 11.9. The Morgan fingerprint density at radius 3 is 2.83 bits per heavy atom. The van der Waals surface area contributed by atoms with E-state index in [-0.39, 0.29) is 17.6 Å². The average molecular weight is 371 g/mol. The Kier molecular flexibility index (Phi) is 6.82. The Bertz CT molecular complexity index is 693. The summed E-state index contributed by atoms with van der Waals surface area (Å²) < 4.78 is 0.623. The summed E-state index contributed by atoms with van der Waals surface area (Å²) in [4.78, 5) is 23.3. The van der Waals surface area contributed by atoms with Gasteiger partial charge < -0.3 is 10.6 Å². The Hall–Kier alpha value is -1.64. The molecule has 2 rings (SSSR count). The molecule has 0 saturated carbocycles. The molecule has 0 saturated heterocycles. The largest absolute Gasteiger partial charge is 0.325 e. The predicted octanol–water partition coefficient (Wildman–Crippen LogP) is 3.66. The van der Waals surface area contributed by atoms with Crippen LogP contribution < -0.4 is 10.6 Å². The maximum atomic E-state index is 11.9. The van der Waals surface area contributed by atoms with Gasteiger partial charge in [-0.1, -0.05) is 47.7 Å². The number of amides is 2. The fourth-order valence-electron chi connectivity index (χ4n) is 1.62. The number of thioether (sulfide) groups is 1. The Balaban J connectivity index is 1.80. The molecule has 23 heavy (non-hydrogen) atoms. The zero-order valence-corrected chi connectivity index (χ0v) is 14.7. The summed E-state index contributed by atoms with van der Waals surface area (Å²) >= 11 is 8.37. The molecule has 9 heteroatoms. The number of nitrogens with zero attached hydrogens (tertiary/aromatic N) is 2. The molecule has 0 aliphatic rings. The van der Waals surface area contributed by atoms with Gasteiger partial charge in [-0.15, -0.1) is 10.2 Å². The zero-order valence-electron chi connectivity index (χ0n) is 12.3. The van der Waals surface area contributed by atoms with Gasteiger partial charge in [0.1, 0.15) is 0 Å². The molecule has 0 aliphatic carbocycles. The van der Waals surface area contributed by atoms with Crippen LogP contribution in [0.1, 0.15) is 19.8 Å². The van der Waals surface area contributed by atoms with Gasteiger partial charge >= 0.3 is 0 Å². The molecule has 0 spiro atoms. The van der Waals surface area contributed by atoms with Crippen molar-refractivity contribution >= 4 is 57.3 Å². The topological polar surface area (TPSA) is 84.0 Å². The van der Waals surface area contributed by atoms with Crippen LogP contribution in [0.3, 0.4) is 0 Å². The van der Waals surface area contributed by atoms with E-state index in [0.29, 0.717) is 26.6 Å². The summed E-state index contributed by atoms with van der Waals surface area (Å²) in [6.07, 6.45) is 1.22. The number of nitrogens with one attached hydrogen (secondary N) is 2. The highest BCUT2D eigenvalue weighted by Gasteiger charge is 2.10. The Morgan fingerprint density at radius 1 is 1.26 bits per heavy atom. The molecule has 2 N–H and O–H groups in total. The van der Waals surface area contributed by atoms with Crippen molar-refractivity contribution < 1.29 is 9.59 Å². The van der Waals surface area contributed by atoms with Crippen LogP contribution in [0, 0.1) is 0 Å². The van der Waals surface area contributed by atoms with Crippen LogP contribution >= 0.6 is 34.7 Å². The third-order valence-corrected chi connectivity index (χ3v) is 4.77. The number of carbonyl (C=O) groups excluding carboxylic acids is 2. The van der Waals surface area contributed by atoms with Crippen LogP contribution in [0.25, 0.3) is 0 Å². The van der Waals surface area contributed by atoms with Crippen molar-refractivity contribution in [2.45, 2.75) is 24.1 Å². The highest BCUT2D eigenvalue weighted by Crippen LogP contribution is 2.25. The molecule has 1 aromatic carbocycles. The highest BCUT2D eigenvalue weighted by atomic mass is 35.5. The molecule has 0 atom stereocenters. The van der Waals surface area contributed by atoms with Gasteiger partial charge in [-0.05, 0) is 24.6 Å². The molecule has 0 aliphatic heterocycles. The van der Waals surface area contributed by atoms with E-state index in [1.165, 1.54) is 23.1 Å². The number of hydrogen-bond acceptors (Lipinski definition) is 6. The maximum Gasteiger partial charge on any atom is 0.234 e. The molecule has 2 amide bonds. The first-order chi connectivity index (χ1) is 11.1. The first-order valence-electron chi connectivity index (χ1n) is 6.88. The summed E-state index contributed by atoms with van der Waals surface area (Å²) in [5, 5.41) is 14.2. The molecule has 0 radical (unpaired) electrons. The van der Waals surface area contributed by atoms with Crippen molar-refractivity contribution in [1.29, 1.82) is 0 Å². The third kappa shape index (κ3) is 6.17. The first kappa shape index (κ1) is 17.7. The molecule has 122 valence electrons. The van der Waals surface area contributed by atoms with Crippen molar-refractivity contribution in [2.24, 2.45) is 0 Å². The number of anilines is 2. The quantitative estimate of drug-likeness (QED) is 0.574. The molecule has 1 aromatic heterocycles. The van der Waals surface area contributed by atoms with Crippen LogP contribution in [0.15, 0.2) is 28.6 Å². The zero-order chi connectivity index (χ0) is 16.7. The van der Waals surface area contributed by atoms with E-state index in [4.69, 9.17) is 11.6 Å². The standard InChI is InChI=1S/C14H15ClN4O2S2/c1-2-4-11(20)17-13-18-19-14(23-13)22-8-12(21)16-10-6-3-5-9(15)7-10/h3,5-7H,2,4,8H2,1H3,(H,16,21)(H,17,18,20). The van der Waals surface area contributed by atoms with Gasteiger partial charge in [-0.2, -0.15) is 0 Å². The lowest BCUT2D eigenvalue weighted by molar-refractivity contribution is -0.116. The van der Waals surface area contributed by atoms with Gasteiger partial charge in [0, 0.05) is 17.1 Å². The van der Waals surface area contributed by atoms with Crippen molar-refractivity contribution in [3.63, 3.8) is 0 Å². The highest BCUT2D eigenvalue weighted by molar-refractivity contribution is 8.01. The van der Waals surface area contributed by atoms with Crippen molar-refractivity contribution in [3.8, 4) is 0 Å². The molecule has 0 fully saturated rings. The lowest BCUT2D eigenvalue weighted by Gasteiger charge is -2.04. The second-order valence-electron chi connectivity index (χ2n) is 4.52. The molecule has 0 bridgehead atoms. The molecular formula is C14H15ClN4O2S2. The number of carbonyl (C=O) groups is 2. The minimum absolute atomic E-state index is 0.0844. The van der Waals surface area contributed by atoms with Crippen LogP contribution in [-0.4, -0.2) is 27.8 Å². The molecular weight excluding hydrogens is 356 g/mol. The van der Waals surface area contributed by atoms with E-state index in [1.54, 1.807) is 24.3 Å². The average Bonchev–Trinajstić information content (AvgIpc) is 2.93. The third-order valence-electron chi connectivity index (χ3n) is 2.56. The second kappa shape index (κ2) is 8.85. The predicted molar refractivity (Wildman–Crippen MR) is 94.3 cm³/mol. The summed E-state index contributed by atoms with van der Waals surface area (Å²) in [7, 11) is 0. The van der Waals surface area contributed by atoms with Crippen LogP contribution in [-0.2, 0) is 9.59 Å². The molecule has 1 heterocycles. The summed E-state index contributed by atoms with van der Waals surface area (Å²) in [6, 6.07) is 6.94. The summed E-state index contributed by atoms with van der Waals surface area (Å²) in [6.45, 7) is 1.93. The van der Waals surface area contributed by atoms with Crippen LogP contribution in [0.2, 0.25) is 5.02 Å². The van der Waals surface area contributed by atoms with Gasteiger partial charge in [0.25, 0.3) is 0 Å². The summed E-state index contributed by atoms with van der Waals surface area (Å²) in [5.41, 5.74) is 0.646. The Morgan fingerprint density at radius 2 is 2.09 bits per heavy atom. The normalized spacial score (nSPS) is 10.3. The lowest BCUT2D eigenvalue weighted by Crippen LogP contribution is -2.13. The smallest absolute Gasteiger partial charge is 0.234 e. The van der Waals surface area contributed by atoms with Gasteiger partial charge in [-0.3, -0.25) is 9.59 Å². The SMILES string of the molecule is CCCC(=O)Nc1nnc(SCC(=O)Nc2cccc(Cl)c2)s1. The summed E-state index contributed by atoms with van der Waals surface area (Å²) in [5.74, 6) is -0.0488. The fourth-order valence-corrected chi connectivity index (χ4v) is 3.38.